The smallest absolute Gasteiger partial charge is 0.290 e. The Kier molecular flexibility index (Phi) is 6.63. The average Bonchev–Trinajstić information content (AvgIpc) is 3.45. The standard InChI is InChI=1S/C25H22Cl2N4O3S/c1-3-4-7-30-19-6-5-14(9-22-24(32)29-25(33)35-22)8-15(19)10-21(30)23-28-18-11-16(26)17(27)12-20(18)31(23)13-34-2/h5-6,8-12H,3-4,7,13H2,1-2H3,(H,29,32,33). The number of methoxy groups -OCH3 is 1. The maximum atomic E-state index is 12.0. The molecule has 2 aromatic carbocycles. The van der Waals surface area contributed by atoms with Crippen molar-refractivity contribution in [3.05, 3.63) is 56.9 Å². The fourth-order valence-electron chi connectivity index (χ4n) is 4.27. The molecule has 1 aliphatic heterocycles. The number of carbonyl (C=O) groups is 2. The number of hydrogen-bond acceptors (Lipinski definition) is 5. The minimum absolute atomic E-state index is 0.302. The van der Waals surface area contributed by atoms with Gasteiger partial charge in [-0.05, 0) is 60.2 Å². The molecule has 1 fully saturated rings. The molecule has 1 N–H and O–H groups in total. The van der Waals surface area contributed by atoms with Crippen molar-refractivity contribution in [2.24, 2.45) is 0 Å². The lowest BCUT2D eigenvalue weighted by Gasteiger charge is -2.12. The molecule has 1 saturated heterocycles. The van der Waals surface area contributed by atoms with Crippen LogP contribution < -0.4 is 5.32 Å². The predicted octanol–water partition coefficient (Wildman–Crippen LogP) is 6.69. The van der Waals surface area contributed by atoms with Crippen LogP contribution in [-0.4, -0.2) is 32.4 Å². The first-order valence-electron chi connectivity index (χ1n) is 11.1. The molecule has 1 aliphatic rings. The van der Waals surface area contributed by atoms with Crippen LogP contribution in [0.3, 0.4) is 0 Å². The van der Waals surface area contributed by atoms with E-state index in [0.717, 1.165) is 70.2 Å². The third-order valence-corrected chi connectivity index (χ3v) is 7.41. The zero-order valence-corrected chi connectivity index (χ0v) is 21.4. The van der Waals surface area contributed by atoms with Crippen LogP contribution in [0, 0.1) is 0 Å². The summed E-state index contributed by atoms with van der Waals surface area (Å²) in [6.45, 7) is 3.28. The van der Waals surface area contributed by atoms with E-state index in [0.29, 0.717) is 21.7 Å². The van der Waals surface area contributed by atoms with Gasteiger partial charge in [0.2, 0.25) is 0 Å². The second-order valence-corrected chi connectivity index (χ2v) is 10.1. The second kappa shape index (κ2) is 9.70. The summed E-state index contributed by atoms with van der Waals surface area (Å²) >= 11 is 13.5. The Balaban J connectivity index is 1.69. The fourth-order valence-corrected chi connectivity index (χ4v) is 5.27. The van der Waals surface area contributed by atoms with E-state index in [-0.39, 0.29) is 11.1 Å². The Morgan fingerprint density at radius 1 is 1.09 bits per heavy atom. The molecule has 35 heavy (non-hydrogen) atoms. The molecule has 0 radical (unpaired) electrons. The molecule has 2 amide bonds. The van der Waals surface area contributed by atoms with Crippen LogP contribution >= 0.6 is 35.0 Å². The fraction of sp³-hybridized carbons (Fsp3) is 0.240. The van der Waals surface area contributed by atoms with E-state index in [1.165, 1.54) is 0 Å². The normalized spacial score (nSPS) is 15.1. The summed E-state index contributed by atoms with van der Waals surface area (Å²) in [5, 5.41) is 3.85. The summed E-state index contributed by atoms with van der Waals surface area (Å²) in [6.07, 6.45) is 3.78. The molecule has 0 saturated carbocycles. The number of benzene rings is 2. The van der Waals surface area contributed by atoms with Crippen molar-refractivity contribution < 1.29 is 14.3 Å². The Morgan fingerprint density at radius 3 is 2.60 bits per heavy atom. The van der Waals surface area contributed by atoms with E-state index in [2.05, 4.69) is 22.9 Å². The molecule has 2 aromatic heterocycles. The molecule has 0 unspecified atom stereocenters. The lowest BCUT2D eigenvalue weighted by Crippen LogP contribution is -2.17. The van der Waals surface area contributed by atoms with Gasteiger partial charge in [-0.3, -0.25) is 19.5 Å². The number of ether oxygens (including phenoxy) is 1. The molecule has 4 aromatic rings. The number of nitrogens with one attached hydrogen (secondary N) is 1. The molecule has 0 aliphatic carbocycles. The number of aromatic nitrogens is 3. The highest BCUT2D eigenvalue weighted by molar-refractivity contribution is 8.18. The van der Waals surface area contributed by atoms with Gasteiger partial charge in [0.05, 0.1) is 31.7 Å². The molecule has 180 valence electrons. The van der Waals surface area contributed by atoms with Crippen LogP contribution in [0.5, 0.6) is 0 Å². The predicted molar refractivity (Wildman–Crippen MR) is 142 cm³/mol. The molecule has 7 nitrogen and oxygen atoms in total. The number of hydrogen-bond donors (Lipinski definition) is 1. The number of halogens is 2. The van der Waals surface area contributed by atoms with Crippen LogP contribution in [0.2, 0.25) is 10.0 Å². The number of aryl methyl sites for hydroxylation is 1. The number of fused-ring (bicyclic) bond motifs is 2. The molecule has 3 heterocycles. The first-order valence-corrected chi connectivity index (χ1v) is 12.7. The van der Waals surface area contributed by atoms with Crippen LogP contribution in [0.25, 0.3) is 39.5 Å². The van der Waals surface area contributed by atoms with Crippen molar-refractivity contribution in [3.63, 3.8) is 0 Å². The first kappa shape index (κ1) is 23.9. The Labute approximate surface area is 216 Å². The quantitative estimate of drug-likeness (QED) is 0.270. The molecular weight excluding hydrogens is 507 g/mol. The van der Waals surface area contributed by atoms with Crippen molar-refractivity contribution in [1.82, 2.24) is 19.4 Å². The molecule has 10 heteroatoms. The average molecular weight is 529 g/mol. The van der Waals surface area contributed by atoms with E-state index >= 15 is 0 Å². The van der Waals surface area contributed by atoms with Gasteiger partial charge in [0, 0.05) is 24.6 Å². The van der Waals surface area contributed by atoms with Crippen molar-refractivity contribution in [3.8, 4) is 11.5 Å². The highest BCUT2D eigenvalue weighted by atomic mass is 35.5. The topological polar surface area (TPSA) is 78.2 Å². The summed E-state index contributed by atoms with van der Waals surface area (Å²) < 4.78 is 9.74. The molecule has 5 rings (SSSR count). The van der Waals surface area contributed by atoms with Crippen LogP contribution in [0.15, 0.2) is 41.3 Å². The number of rotatable bonds is 7. The van der Waals surface area contributed by atoms with E-state index in [1.807, 2.05) is 28.8 Å². The third kappa shape index (κ3) is 4.47. The first-order chi connectivity index (χ1) is 16.9. The van der Waals surface area contributed by atoms with E-state index in [4.69, 9.17) is 32.9 Å². The lowest BCUT2D eigenvalue weighted by atomic mass is 10.1. The van der Waals surface area contributed by atoms with E-state index in [1.54, 1.807) is 19.3 Å². The summed E-state index contributed by atoms with van der Waals surface area (Å²) in [4.78, 5) is 28.8. The summed E-state index contributed by atoms with van der Waals surface area (Å²) in [5.74, 6) is 0.385. The number of amides is 2. The SMILES string of the molecule is CCCCn1c(-c2nc3cc(Cl)c(Cl)cc3n2COC)cc2cc(C=C3SC(=O)NC3=O)ccc21. The lowest BCUT2D eigenvalue weighted by molar-refractivity contribution is -0.115. The van der Waals surface area contributed by atoms with Gasteiger partial charge in [0.25, 0.3) is 11.1 Å². The highest BCUT2D eigenvalue weighted by Gasteiger charge is 2.25. The van der Waals surface area contributed by atoms with Gasteiger partial charge in [-0.1, -0.05) is 42.6 Å². The number of thioether (sulfide) groups is 1. The van der Waals surface area contributed by atoms with Crippen molar-refractivity contribution in [2.75, 3.05) is 7.11 Å². The van der Waals surface area contributed by atoms with Crippen LogP contribution in [0.1, 0.15) is 25.3 Å². The van der Waals surface area contributed by atoms with Gasteiger partial charge < -0.3 is 9.30 Å². The summed E-state index contributed by atoms with van der Waals surface area (Å²) in [5.41, 5.74) is 4.42. The van der Waals surface area contributed by atoms with Gasteiger partial charge in [-0.15, -0.1) is 0 Å². The van der Waals surface area contributed by atoms with Gasteiger partial charge in [0.15, 0.2) is 5.82 Å². The monoisotopic (exact) mass is 528 g/mol. The zero-order valence-electron chi connectivity index (χ0n) is 19.1. The van der Waals surface area contributed by atoms with Gasteiger partial charge in [-0.25, -0.2) is 4.98 Å². The maximum absolute atomic E-state index is 12.0. The number of nitrogens with zero attached hydrogens (tertiary/aromatic N) is 3. The Bertz CT molecular complexity index is 1520. The van der Waals surface area contributed by atoms with Gasteiger partial charge in [-0.2, -0.15) is 0 Å². The summed E-state index contributed by atoms with van der Waals surface area (Å²) in [6, 6.07) is 11.7. The largest absolute Gasteiger partial charge is 0.364 e. The van der Waals surface area contributed by atoms with Crippen LogP contribution in [0.4, 0.5) is 4.79 Å². The Morgan fingerprint density at radius 2 is 1.89 bits per heavy atom. The highest BCUT2D eigenvalue weighted by Crippen LogP contribution is 2.35. The second-order valence-electron chi connectivity index (χ2n) is 8.24. The van der Waals surface area contributed by atoms with Crippen molar-refractivity contribution in [2.45, 2.75) is 33.0 Å². The number of unbranched alkanes of at least 4 members (excludes halogenated alkanes) is 1. The number of imide groups is 1. The van der Waals surface area contributed by atoms with Crippen molar-refractivity contribution >= 4 is 74.1 Å². The Hall–Kier alpha value is -2.78. The van der Waals surface area contributed by atoms with E-state index < -0.39 is 0 Å². The molecular formula is C25H22Cl2N4O3S. The maximum Gasteiger partial charge on any atom is 0.290 e. The van der Waals surface area contributed by atoms with E-state index in [9.17, 15) is 9.59 Å². The molecule has 0 atom stereocenters. The van der Waals surface area contributed by atoms with Crippen LogP contribution in [-0.2, 0) is 22.8 Å². The molecule has 0 bridgehead atoms. The number of carbonyl (C=O) groups excluding carboxylic acids is 2. The zero-order chi connectivity index (χ0) is 24.7. The van der Waals surface area contributed by atoms with Gasteiger partial charge >= 0.3 is 0 Å². The summed E-state index contributed by atoms with van der Waals surface area (Å²) in [7, 11) is 1.64. The minimum Gasteiger partial charge on any atom is -0.364 e. The minimum atomic E-state index is -0.369. The third-order valence-electron chi connectivity index (χ3n) is 5.88. The van der Waals surface area contributed by atoms with Crippen molar-refractivity contribution in [1.29, 1.82) is 0 Å². The molecule has 0 spiro atoms. The van der Waals surface area contributed by atoms with Gasteiger partial charge in [0.1, 0.15) is 6.73 Å². The number of imidazole rings is 1.